The van der Waals surface area contributed by atoms with Crippen LogP contribution in [0.15, 0.2) is 41.3 Å². The molecule has 0 N–H and O–H groups in total. The fourth-order valence-corrected chi connectivity index (χ4v) is 4.68. The molecule has 1 atom stereocenters. The van der Waals surface area contributed by atoms with Gasteiger partial charge in [0, 0.05) is 11.8 Å². The molecule has 2 aromatic rings. The van der Waals surface area contributed by atoms with Gasteiger partial charge in [-0.05, 0) is 17.5 Å². The van der Waals surface area contributed by atoms with Crippen molar-refractivity contribution in [2.24, 2.45) is 0 Å². The first kappa shape index (κ1) is 14.9. The van der Waals surface area contributed by atoms with Gasteiger partial charge < -0.3 is 9.47 Å². The van der Waals surface area contributed by atoms with E-state index in [0.717, 1.165) is 9.69 Å². The van der Waals surface area contributed by atoms with Crippen molar-refractivity contribution in [1.29, 1.82) is 0 Å². The highest BCUT2D eigenvalue weighted by Crippen LogP contribution is 2.41. The van der Waals surface area contributed by atoms with Crippen molar-refractivity contribution >= 4 is 38.4 Å². The molecule has 2 aromatic carbocycles. The number of carbonyl (C=O) groups excluding carboxylic acids is 2. The number of carbonyl (C=O) groups is 2. The Bertz CT molecular complexity index is 962. The van der Waals surface area contributed by atoms with Crippen LogP contribution in [-0.2, 0) is 29.1 Å². The molecule has 2 aliphatic heterocycles. The summed E-state index contributed by atoms with van der Waals surface area (Å²) < 4.78 is 36.3. The van der Waals surface area contributed by atoms with Gasteiger partial charge in [-0.15, -0.1) is 0 Å². The van der Waals surface area contributed by atoms with Crippen LogP contribution < -0.4 is 4.31 Å². The van der Waals surface area contributed by atoms with E-state index in [2.05, 4.69) is 0 Å². The Morgan fingerprint density at radius 3 is 2.71 bits per heavy atom. The molecule has 124 valence electrons. The first-order valence-corrected chi connectivity index (χ1v) is 8.83. The van der Waals surface area contributed by atoms with E-state index in [1.165, 1.54) is 6.07 Å². The zero-order valence-electron chi connectivity index (χ0n) is 12.5. The summed E-state index contributed by atoms with van der Waals surface area (Å²) in [7, 11) is -3.82. The van der Waals surface area contributed by atoms with Crippen molar-refractivity contribution in [2.45, 2.75) is 17.4 Å². The fraction of sp³-hybridized carbons (Fsp3) is 0.250. The van der Waals surface area contributed by atoms with Crippen molar-refractivity contribution in [3.8, 4) is 0 Å². The monoisotopic (exact) mass is 347 g/mol. The SMILES string of the molecule is O=C(CN1c2cccc3cccc(c23)S1(=O)=O)O[C@@H]1CCOC1=O. The number of hydrogen-bond donors (Lipinski definition) is 0. The highest BCUT2D eigenvalue weighted by Gasteiger charge is 2.38. The molecule has 24 heavy (non-hydrogen) atoms. The third kappa shape index (κ3) is 2.14. The van der Waals surface area contributed by atoms with Gasteiger partial charge in [-0.25, -0.2) is 13.2 Å². The molecule has 0 spiro atoms. The van der Waals surface area contributed by atoms with E-state index in [1.54, 1.807) is 18.2 Å². The zero-order chi connectivity index (χ0) is 16.9. The van der Waals surface area contributed by atoms with Crippen LogP contribution in [0.5, 0.6) is 0 Å². The summed E-state index contributed by atoms with van der Waals surface area (Å²) in [6, 6.07) is 10.2. The first-order chi connectivity index (χ1) is 11.5. The highest BCUT2D eigenvalue weighted by molar-refractivity contribution is 7.93. The average Bonchev–Trinajstić information content (AvgIpc) is 3.04. The molecular formula is C16H13NO6S. The molecule has 0 unspecified atom stereocenters. The van der Waals surface area contributed by atoms with Crippen LogP contribution in [0.3, 0.4) is 0 Å². The van der Waals surface area contributed by atoms with Crippen LogP contribution in [0.25, 0.3) is 10.8 Å². The van der Waals surface area contributed by atoms with E-state index in [-0.39, 0.29) is 17.9 Å². The Kier molecular flexibility index (Phi) is 3.24. The van der Waals surface area contributed by atoms with Crippen molar-refractivity contribution in [3.63, 3.8) is 0 Å². The van der Waals surface area contributed by atoms with E-state index < -0.39 is 34.6 Å². The van der Waals surface area contributed by atoms with Crippen molar-refractivity contribution in [3.05, 3.63) is 36.4 Å². The molecule has 0 saturated carbocycles. The van der Waals surface area contributed by atoms with Crippen molar-refractivity contribution in [1.82, 2.24) is 0 Å². The second-order valence-electron chi connectivity index (χ2n) is 5.58. The van der Waals surface area contributed by atoms with Gasteiger partial charge in [0.05, 0.1) is 17.2 Å². The molecule has 0 aliphatic carbocycles. The molecule has 0 bridgehead atoms. The molecule has 0 radical (unpaired) electrons. The third-order valence-electron chi connectivity index (χ3n) is 4.11. The van der Waals surface area contributed by atoms with Crippen LogP contribution in [-0.4, -0.2) is 39.6 Å². The Balaban J connectivity index is 1.66. The van der Waals surface area contributed by atoms with Gasteiger partial charge in [0.15, 0.2) is 0 Å². The molecule has 1 fully saturated rings. The second kappa shape index (κ2) is 5.20. The Hall–Kier alpha value is -2.61. The summed E-state index contributed by atoms with van der Waals surface area (Å²) in [4.78, 5) is 23.7. The largest absolute Gasteiger partial charge is 0.463 e. The zero-order valence-corrected chi connectivity index (χ0v) is 13.3. The first-order valence-electron chi connectivity index (χ1n) is 7.39. The number of hydrogen-bond acceptors (Lipinski definition) is 6. The molecule has 4 rings (SSSR count). The molecule has 8 heteroatoms. The number of benzene rings is 2. The Labute approximate surface area is 137 Å². The summed E-state index contributed by atoms with van der Waals surface area (Å²) in [5.41, 5.74) is 0.439. The molecule has 0 aromatic heterocycles. The second-order valence-corrected chi connectivity index (χ2v) is 7.41. The lowest BCUT2D eigenvalue weighted by Gasteiger charge is -2.18. The number of ether oxygens (including phenoxy) is 2. The van der Waals surface area contributed by atoms with Gasteiger partial charge in [0.25, 0.3) is 10.0 Å². The quantitative estimate of drug-likeness (QED) is 0.775. The van der Waals surface area contributed by atoms with E-state index in [9.17, 15) is 18.0 Å². The fourth-order valence-electron chi connectivity index (χ4n) is 3.03. The van der Waals surface area contributed by atoms with Gasteiger partial charge in [0.2, 0.25) is 6.10 Å². The molecule has 1 saturated heterocycles. The molecule has 0 amide bonds. The predicted molar refractivity (Wildman–Crippen MR) is 83.9 cm³/mol. The number of esters is 2. The van der Waals surface area contributed by atoms with E-state index in [0.29, 0.717) is 11.1 Å². The number of cyclic esters (lactones) is 1. The maximum atomic E-state index is 12.7. The topological polar surface area (TPSA) is 90.0 Å². The maximum absolute atomic E-state index is 12.7. The normalized spacial score (nSPS) is 21.1. The van der Waals surface area contributed by atoms with Crippen LogP contribution in [0, 0.1) is 0 Å². The van der Waals surface area contributed by atoms with Gasteiger partial charge in [-0.1, -0.05) is 24.3 Å². The lowest BCUT2D eigenvalue weighted by molar-refractivity contribution is -0.159. The van der Waals surface area contributed by atoms with Gasteiger partial charge >= 0.3 is 11.9 Å². The van der Waals surface area contributed by atoms with Gasteiger partial charge in [0.1, 0.15) is 6.54 Å². The van der Waals surface area contributed by atoms with Crippen LogP contribution in [0.1, 0.15) is 6.42 Å². The average molecular weight is 347 g/mol. The minimum atomic E-state index is -3.82. The van der Waals surface area contributed by atoms with E-state index >= 15 is 0 Å². The lowest BCUT2D eigenvalue weighted by Crippen LogP contribution is -2.36. The van der Waals surface area contributed by atoms with Crippen LogP contribution in [0.4, 0.5) is 5.69 Å². The van der Waals surface area contributed by atoms with Crippen LogP contribution in [0.2, 0.25) is 0 Å². The Morgan fingerprint density at radius 2 is 2.00 bits per heavy atom. The standard InChI is InChI=1S/C16H13NO6S/c18-14(23-12-7-8-22-16(12)19)9-17-11-5-1-3-10-4-2-6-13(15(10)11)24(17,20)21/h1-6,12H,7-9H2/t12-/m1/s1. The highest BCUT2D eigenvalue weighted by atomic mass is 32.2. The summed E-state index contributed by atoms with van der Waals surface area (Å²) in [5, 5.41) is 1.37. The summed E-state index contributed by atoms with van der Waals surface area (Å²) in [6.45, 7) is -0.288. The number of rotatable bonds is 3. The van der Waals surface area contributed by atoms with Crippen molar-refractivity contribution < 1.29 is 27.5 Å². The third-order valence-corrected chi connectivity index (χ3v) is 5.92. The molecule has 7 nitrogen and oxygen atoms in total. The smallest absolute Gasteiger partial charge is 0.347 e. The molecule has 2 aliphatic rings. The minimum absolute atomic E-state index is 0.170. The van der Waals surface area contributed by atoms with Crippen LogP contribution >= 0.6 is 0 Å². The van der Waals surface area contributed by atoms with E-state index in [4.69, 9.17) is 9.47 Å². The Morgan fingerprint density at radius 1 is 1.25 bits per heavy atom. The summed E-state index contributed by atoms with van der Waals surface area (Å²) in [5.74, 6) is -1.38. The summed E-state index contributed by atoms with van der Waals surface area (Å²) >= 11 is 0. The minimum Gasteiger partial charge on any atom is -0.463 e. The van der Waals surface area contributed by atoms with Gasteiger partial charge in [-0.3, -0.25) is 9.10 Å². The maximum Gasteiger partial charge on any atom is 0.347 e. The predicted octanol–water partition coefficient (Wildman–Crippen LogP) is 1.21. The van der Waals surface area contributed by atoms with E-state index in [1.807, 2.05) is 12.1 Å². The summed E-state index contributed by atoms with van der Waals surface area (Å²) in [6.07, 6.45) is -0.673. The van der Waals surface area contributed by atoms with Crippen molar-refractivity contribution in [2.75, 3.05) is 17.5 Å². The molecular weight excluding hydrogens is 334 g/mol. The van der Waals surface area contributed by atoms with Gasteiger partial charge in [-0.2, -0.15) is 0 Å². The molecule has 2 heterocycles. The number of anilines is 1. The number of nitrogens with zero attached hydrogens (tertiary/aromatic N) is 1. The number of sulfonamides is 1. The lowest BCUT2D eigenvalue weighted by atomic mass is 10.1.